The summed E-state index contributed by atoms with van der Waals surface area (Å²) in [4.78, 5) is 13.5. The molecule has 0 aliphatic heterocycles. The van der Waals surface area contributed by atoms with Gasteiger partial charge in [0, 0.05) is 13.1 Å². The van der Waals surface area contributed by atoms with Gasteiger partial charge in [-0.05, 0) is 31.2 Å². The van der Waals surface area contributed by atoms with Gasteiger partial charge in [0.15, 0.2) is 0 Å². The number of aliphatic hydroxyl groups is 1. The van der Waals surface area contributed by atoms with Crippen LogP contribution in [0.25, 0.3) is 0 Å². The van der Waals surface area contributed by atoms with E-state index >= 15 is 0 Å². The first kappa shape index (κ1) is 17.2. The Morgan fingerprint density at radius 3 is 2.90 bits per heavy atom. The molecule has 0 radical (unpaired) electrons. The minimum atomic E-state index is -0.414. The molecular formula is C16H21FN2O2. The van der Waals surface area contributed by atoms with E-state index in [9.17, 15) is 9.18 Å². The molecule has 0 saturated heterocycles. The monoisotopic (exact) mass is 292 g/mol. The van der Waals surface area contributed by atoms with Crippen LogP contribution in [0.5, 0.6) is 0 Å². The molecule has 0 heterocycles. The predicted molar refractivity (Wildman–Crippen MR) is 80.0 cm³/mol. The first-order valence-electron chi connectivity index (χ1n) is 6.90. The summed E-state index contributed by atoms with van der Waals surface area (Å²) in [5.41, 5.74) is 1.12. The Hall–Kier alpha value is -1.90. The van der Waals surface area contributed by atoms with E-state index in [-0.39, 0.29) is 24.6 Å². The third kappa shape index (κ3) is 6.39. The Bertz CT molecular complexity index is 535. The first-order valence-corrected chi connectivity index (χ1v) is 6.90. The number of nitrogens with zero attached hydrogens (tertiary/aromatic N) is 1. The van der Waals surface area contributed by atoms with Crippen LogP contribution in [0.3, 0.4) is 0 Å². The van der Waals surface area contributed by atoms with Crippen molar-refractivity contribution in [1.82, 2.24) is 10.2 Å². The van der Waals surface area contributed by atoms with Crippen LogP contribution >= 0.6 is 0 Å². The number of likely N-dealkylation sites (N-methyl/N-ethyl adjacent to an activating group) is 1. The molecule has 0 unspecified atom stereocenters. The van der Waals surface area contributed by atoms with Crippen molar-refractivity contribution in [2.45, 2.75) is 19.9 Å². The molecule has 0 aromatic heterocycles. The van der Waals surface area contributed by atoms with Crippen LogP contribution in [-0.4, -0.2) is 42.7 Å². The number of amides is 1. The number of aliphatic hydroxyl groups excluding tert-OH is 1. The summed E-state index contributed by atoms with van der Waals surface area (Å²) in [6.45, 7) is 3.17. The average Bonchev–Trinajstić information content (AvgIpc) is 2.45. The first-order chi connectivity index (χ1) is 10.1. The standard InChI is InChI=1S/C16H21FN2O2/c1-3-8-18-16(21)12-19(2)11-13-6-7-15(17)14(10-13)5-4-9-20/h6-7,10,20H,3,8-9,11-12H2,1-2H3,(H,18,21). The number of rotatable bonds is 6. The maximum atomic E-state index is 13.5. The molecule has 1 amide bonds. The lowest BCUT2D eigenvalue weighted by Gasteiger charge is -2.16. The number of benzene rings is 1. The third-order valence-corrected chi connectivity index (χ3v) is 2.77. The van der Waals surface area contributed by atoms with Crippen molar-refractivity contribution in [2.24, 2.45) is 0 Å². The maximum absolute atomic E-state index is 13.5. The SMILES string of the molecule is CCCNC(=O)CN(C)Cc1ccc(F)c(C#CCO)c1. The Morgan fingerprint density at radius 1 is 1.48 bits per heavy atom. The van der Waals surface area contributed by atoms with Crippen LogP contribution in [0.2, 0.25) is 0 Å². The fourth-order valence-corrected chi connectivity index (χ4v) is 1.83. The zero-order valence-corrected chi connectivity index (χ0v) is 12.4. The van der Waals surface area contributed by atoms with Gasteiger partial charge in [-0.25, -0.2) is 4.39 Å². The molecule has 114 valence electrons. The molecule has 2 N–H and O–H groups in total. The smallest absolute Gasteiger partial charge is 0.234 e. The molecule has 0 bridgehead atoms. The number of nitrogens with one attached hydrogen (secondary N) is 1. The lowest BCUT2D eigenvalue weighted by molar-refractivity contribution is -0.122. The molecule has 4 nitrogen and oxygen atoms in total. The minimum Gasteiger partial charge on any atom is -0.384 e. The normalized spacial score (nSPS) is 10.1. The highest BCUT2D eigenvalue weighted by atomic mass is 19.1. The zero-order valence-electron chi connectivity index (χ0n) is 12.4. The summed E-state index contributed by atoms with van der Waals surface area (Å²) in [7, 11) is 1.83. The quantitative estimate of drug-likeness (QED) is 0.773. The van der Waals surface area contributed by atoms with E-state index in [2.05, 4.69) is 17.2 Å². The molecule has 0 atom stereocenters. The van der Waals surface area contributed by atoms with E-state index < -0.39 is 5.82 Å². The van der Waals surface area contributed by atoms with Crippen molar-refractivity contribution in [3.8, 4) is 11.8 Å². The molecule has 21 heavy (non-hydrogen) atoms. The topological polar surface area (TPSA) is 52.6 Å². The van der Waals surface area contributed by atoms with Crippen LogP contribution in [-0.2, 0) is 11.3 Å². The number of carbonyl (C=O) groups excluding carboxylic acids is 1. The number of hydrogen-bond acceptors (Lipinski definition) is 3. The van der Waals surface area contributed by atoms with Gasteiger partial charge in [-0.3, -0.25) is 9.69 Å². The molecule has 5 heteroatoms. The molecule has 1 rings (SSSR count). The third-order valence-electron chi connectivity index (χ3n) is 2.77. The van der Waals surface area contributed by atoms with E-state index in [4.69, 9.17) is 5.11 Å². The molecule has 1 aromatic rings. The van der Waals surface area contributed by atoms with E-state index in [1.165, 1.54) is 6.07 Å². The van der Waals surface area contributed by atoms with Crippen LogP contribution in [0.15, 0.2) is 18.2 Å². The van der Waals surface area contributed by atoms with Gasteiger partial charge in [0.25, 0.3) is 0 Å². The van der Waals surface area contributed by atoms with Crippen molar-refractivity contribution in [2.75, 3.05) is 26.7 Å². The second-order valence-corrected chi connectivity index (χ2v) is 4.80. The lowest BCUT2D eigenvalue weighted by atomic mass is 10.1. The molecule has 0 fully saturated rings. The molecule has 0 aliphatic rings. The average molecular weight is 292 g/mol. The van der Waals surface area contributed by atoms with Gasteiger partial charge in [0.1, 0.15) is 12.4 Å². The van der Waals surface area contributed by atoms with Gasteiger partial charge in [-0.1, -0.05) is 24.8 Å². The second kappa shape index (κ2) is 9.11. The Morgan fingerprint density at radius 2 is 2.24 bits per heavy atom. The van der Waals surface area contributed by atoms with E-state index in [1.54, 1.807) is 12.1 Å². The lowest BCUT2D eigenvalue weighted by Crippen LogP contribution is -2.35. The number of halogens is 1. The van der Waals surface area contributed by atoms with Crippen molar-refractivity contribution in [3.63, 3.8) is 0 Å². The van der Waals surface area contributed by atoms with E-state index in [0.29, 0.717) is 13.1 Å². The maximum Gasteiger partial charge on any atom is 0.234 e. The molecule has 1 aromatic carbocycles. The predicted octanol–water partition coefficient (Wildman–Crippen LogP) is 1.13. The Balaban J connectivity index is 2.63. The van der Waals surface area contributed by atoms with Crippen molar-refractivity contribution >= 4 is 5.91 Å². The van der Waals surface area contributed by atoms with Gasteiger partial charge in [0.2, 0.25) is 5.91 Å². The van der Waals surface area contributed by atoms with Crippen molar-refractivity contribution < 1.29 is 14.3 Å². The van der Waals surface area contributed by atoms with Gasteiger partial charge >= 0.3 is 0 Å². The second-order valence-electron chi connectivity index (χ2n) is 4.80. The van der Waals surface area contributed by atoms with Crippen LogP contribution < -0.4 is 5.32 Å². The van der Waals surface area contributed by atoms with Crippen LogP contribution in [0.4, 0.5) is 4.39 Å². The van der Waals surface area contributed by atoms with E-state index in [0.717, 1.165) is 12.0 Å². The summed E-state index contributed by atoms with van der Waals surface area (Å²) in [5, 5.41) is 11.5. The summed E-state index contributed by atoms with van der Waals surface area (Å²) in [6.07, 6.45) is 0.903. The summed E-state index contributed by atoms with van der Waals surface area (Å²) in [5.74, 6) is 4.56. The summed E-state index contributed by atoms with van der Waals surface area (Å²) in [6, 6.07) is 4.65. The van der Waals surface area contributed by atoms with Gasteiger partial charge in [0.05, 0.1) is 12.1 Å². The van der Waals surface area contributed by atoms with E-state index in [1.807, 2.05) is 18.9 Å². The van der Waals surface area contributed by atoms with Crippen LogP contribution in [0, 0.1) is 17.7 Å². The number of carbonyl (C=O) groups is 1. The van der Waals surface area contributed by atoms with Gasteiger partial charge in [-0.15, -0.1) is 0 Å². The summed E-state index contributed by atoms with van der Waals surface area (Å²) < 4.78 is 13.5. The molecule has 0 spiro atoms. The molecule has 0 aliphatic carbocycles. The largest absolute Gasteiger partial charge is 0.384 e. The highest BCUT2D eigenvalue weighted by molar-refractivity contribution is 5.77. The summed E-state index contributed by atoms with van der Waals surface area (Å²) >= 11 is 0. The van der Waals surface area contributed by atoms with Crippen molar-refractivity contribution in [1.29, 1.82) is 0 Å². The number of hydrogen-bond donors (Lipinski definition) is 2. The molecule has 0 saturated carbocycles. The Kier molecular flexibility index (Phi) is 7.44. The zero-order chi connectivity index (χ0) is 15.7. The Labute approximate surface area is 125 Å². The van der Waals surface area contributed by atoms with Crippen molar-refractivity contribution in [3.05, 3.63) is 35.1 Å². The van der Waals surface area contributed by atoms with Gasteiger partial charge < -0.3 is 10.4 Å². The van der Waals surface area contributed by atoms with Crippen LogP contribution in [0.1, 0.15) is 24.5 Å². The fraction of sp³-hybridized carbons (Fsp3) is 0.438. The minimum absolute atomic E-state index is 0.0262. The fourth-order valence-electron chi connectivity index (χ4n) is 1.83. The molecular weight excluding hydrogens is 271 g/mol. The van der Waals surface area contributed by atoms with Gasteiger partial charge in [-0.2, -0.15) is 0 Å². The highest BCUT2D eigenvalue weighted by Crippen LogP contribution is 2.11. The highest BCUT2D eigenvalue weighted by Gasteiger charge is 2.08.